The van der Waals surface area contributed by atoms with E-state index in [9.17, 15) is 4.79 Å². The van der Waals surface area contributed by atoms with E-state index in [1.165, 1.54) is 27.2 Å². The van der Waals surface area contributed by atoms with Crippen molar-refractivity contribution in [2.45, 2.75) is 20.8 Å². The van der Waals surface area contributed by atoms with Crippen LogP contribution in [0, 0.1) is 20.8 Å². The van der Waals surface area contributed by atoms with E-state index in [2.05, 4.69) is 98.1 Å². The number of amides is 2. The minimum absolute atomic E-state index is 0.341. The molecule has 4 heteroatoms. The van der Waals surface area contributed by atoms with Gasteiger partial charge in [0.15, 0.2) is 0 Å². The second kappa shape index (κ2) is 13.5. The molecule has 0 fully saturated rings. The minimum atomic E-state index is -0.346. The van der Waals surface area contributed by atoms with Crippen molar-refractivity contribution in [2.75, 3.05) is 4.90 Å². The largest absolute Gasteiger partial charge is 0.308 e. The second-order valence-electron chi connectivity index (χ2n) is 15.0. The van der Waals surface area contributed by atoms with Gasteiger partial charge in [0.1, 0.15) is 0 Å². The van der Waals surface area contributed by atoms with Gasteiger partial charge in [-0.2, -0.15) is 0 Å². The molecule has 2 amide bonds. The molecule has 1 aliphatic rings. The van der Waals surface area contributed by atoms with Gasteiger partial charge in [-0.25, -0.2) is 4.90 Å². The smallest absolute Gasteiger partial charge is 0.268 e. The first kappa shape index (κ1) is 34.2. The van der Waals surface area contributed by atoms with E-state index < -0.39 is 0 Å². The summed E-state index contributed by atoms with van der Waals surface area (Å²) in [6.07, 6.45) is 0. The summed E-state index contributed by atoms with van der Waals surface area (Å²) in [4.78, 5) is 31.7. The zero-order chi connectivity index (χ0) is 38.8. The van der Waals surface area contributed by atoms with Crippen LogP contribution in [0.25, 0.3) is 72.0 Å². The number of benzene rings is 8. The molecule has 1 aromatic heterocycles. The van der Waals surface area contributed by atoms with Gasteiger partial charge in [-0.15, -0.1) is 0 Å². The predicted molar refractivity (Wildman–Crippen MR) is 234 cm³/mol. The number of para-hydroxylation sites is 1. The molecular weight excluding hydrogens is 697 g/mol. The summed E-state index contributed by atoms with van der Waals surface area (Å²) in [5.74, 6) is -0.687. The van der Waals surface area contributed by atoms with Gasteiger partial charge in [0, 0.05) is 21.9 Å². The summed E-state index contributed by atoms with van der Waals surface area (Å²) in [6.45, 7) is 6.48. The highest BCUT2D eigenvalue weighted by molar-refractivity contribution is 6.37. The SMILES string of the molecule is Cc1cc(C)c(-c2ccc3c(c2)c2ccccc2n3-c2cccc3c2C(=O)N(c2c(-c4ccccc4)cc(-c4ccccc4)cc2-c2ccccc2)C3=O)c(C)c1. The van der Waals surface area contributed by atoms with Gasteiger partial charge < -0.3 is 4.57 Å². The monoisotopic (exact) mass is 734 g/mol. The van der Waals surface area contributed by atoms with E-state index in [0.29, 0.717) is 22.5 Å². The highest BCUT2D eigenvalue weighted by atomic mass is 16.2. The Kier molecular flexibility index (Phi) is 8.08. The van der Waals surface area contributed by atoms with E-state index in [0.717, 1.165) is 60.8 Å². The molecule has 0 unspecified atom stereocenters. The van der Waals surface area contributed by atoms with Gasteiger partial charge in [-0.3, -0.25) is 9.59 Å². The number of hydrogen-bond donors (Lipinski definition) is 0. The maximum atomic E-state index is 15.4. The number of hydrogen-bond acceptors (Lipinski definition) is 2. The molecule has 1 aliphatic heterocycles. The topological polar surface area (TPSA) is 42.3 Å². The summed E-state index contributed by atoms with van der Waals surface area (Å²) in [6, 6.07) is 59.6. The predicted octanol–water partition coefficient (Wildman–Crippen LogP) is 13.2. The normalized spacial score (nSPS) is 12.5. The Hall–Kier alpha value is -7.30. The molecule has 0 N–H and O–H groups in total. The molecule has 0 bridgehead atoms. The third kappa shape index (κ3) is 5.52. The van der Waals surface area contributed by atoms with Crippen molar-refractivity contribution in [1.82, 2.24) is 4.57 Å². The first-order valence-corrected chi connectivity index (χ1v) is 19.4. The number of rotatable bonds is 6. The van der Waals surface area contributed by atoms with Gasteiger partial charge >= 0.3 is 0 Å². The maximum Gasteiger partial charge on any atom is 0.268 e. The van der Waals surface area contributed by atoms with Gasteiger partial charge in [0.2, 0.25) is 0 Å². The number of imide groups is 1. The molecule has 0 atom stereocenters. The molecule has 57 heavy (non-hydrogen) atoms. The molecule has 272 valence electrons. The summed E-state index contributed by atoms with van der Waals surface area (Å²) in [7, 11) is 0. The highest BCUT2D eigenvalue weighted by Gasteiger charge is 2.41. The van der Waals surface area contributed by atoms with Crippen molar-refractivity contribution in [3.63, 3.8) is 0 Å². The Balaban J connectivity index is 1.20. The van der Waals surface area contributed by atoms with E-state index in [1.54, 1.807) is 6.07 Å². The number of carbonyl (C=O) groups excluding carboxylic acids is 2. The van der Waals surface area contributed by atoms with Crippen LogP contribution < -0.4 is 4.90 Å². The van der Waals surface area contributed by atoms with Crippen molar-refractivity contribution >= 4 is 39.3 Å². The molecule has 0 saturated carbocycles. The van der Waals surface area contributed by atoms with Crippen molar-refractivity contribution in [3.8, 4) is 50.2 Å². The Labute approximate surface area is 331 Å². The molecule has 0 saturated heterocycles. The van der Waals surface area contributed by atoms with Crippen LogP contribution in [0.2, 0.25) is 0 Å². The van der Waals surface area contributed by atoms with Crippen LogP contribution in [0.15, 0.2) is 176 Å². The third-order valence-corrected chi connectivity index (χ3v) is 11.4. The van der Waals surface area contributed by atoms with Crippen LogP contribution in [0.4, 0.5) is 5.69 Å². The highest BCUT2D eigenvalue weighted by Crippen LogP contribution is 2.47. The Bertz CT molecular complexity index is 2990. The number of nitrogens with zero attached hydrogens (tertiary/aromatic N) is 2. The molecule has 0 aliphatic carbocycles. The van der Waals surface area contributed by atoms with Crippen molar-refractivity contribution < 1.29 is 9.59 Å². The number of aryl methyl sites for hydroxylation is 3. The van der Waals surface area contributed by atoms with Gasteiger partial charge in [0.25, 0.3) is 11.8 Å². The first-order valence-electron chi connectivity index (χ1n) is 19.4. The lowest BCUT2D eigenvalue weighted by molar-refractivity contribution is 0.0926. The van der Waals surface area contributed by atoms with Gasteiger partial charge in [-0.05, 0) is 108 Å². The van der Waals surface area contributed by atoms with E-state index >= 15 is 4.79 Å². The van der Waals surface area contributed by atoms with Crippen molar-refractivity contribution in [3.05, 3.63) is 204 Å². The third-order valence-electron chi connectivity index (χ3n) is 11.4. The molecule has 8 aromatic carbocycles. The Morgan fingerprint density at radius 3 is 1.58 bits per heavy atom. The molecule has 2 heterocycles. The van der Waals surface area contributed by atoms with Crippen LogP contribution in [0.5, 0.6) is 0 Å². The first-order chi connectivity index (χ1) is 27.9. The lowest BCUT2D eigenvalue weighted by atomic mass is 9.90. The fourth-order valence-electron chi connectivity index (χ4n) is 9.03. The fourth-order valence-corrected chi connectivity index (χ4v) is 9.03. The summed E-state index contributed by atoms with van der Waals surface area (Å²) >= 11 is 0. The minimum Gasteiger partial charge on any atom is -0.308 e. The zero-order valence-corrected chi connectivity index (χ0v) is 32.0. The van der Waals surface area contributed by atoms with Crippen LogP contribution in [-0.4, -0.2) is 16.4 Å². The zero-order valence-electron chi connectivity index (χ0n) is 32.0. The average molecular weight is 735 g/mol. The van der Waals surface area contributed by atoms with Crippen LogP contribution in [0.3, 0.4) is 0 Å². The number of aromatic nitrogens is 1. The Morgan fingerprint density at radius 1 is 0.386 bits per heavy atom. The Morgan fingerprint density at radius 2 is 0.947 bits per heavy atom. The number of fused-ring (bicyclic) bond motifs is 4. The van der Waals surface area contributed by atoms with E-state index in [4.69, 9.17) is 0 Å². The quantitative estimate of drug-likeness (QED) is 0.160. The van der Waals surface area contributed by atoms with E-state index in [-0.39, 0.29) is 11.8 Å². The van der Waals surface area contributed by atoms with Crippen molar-refractivity contribution in [1.29, 1.82) is 0 Å². The van der Waals surface area contributed by atoms with Crippen molar-refractivity contribution in [2.24, 2.45) is 0 Å². The molecule has 9 aromatic rings. The standard InChI is InChI=1S/C53H38N2O2/c1-33-28-34(2)49(35(3)29-33)39-26-27-47-45(30-39)41-22-13-14-24-46(41)54(47)48-25-15-23-42-50(48)53(57)55(52(42)56)51-43(37-18-9-5-10-19-37)31-40(36-16-7-4-8-17-36)32-44(51)38-20-11-6-12-21-38/h4-32H,1-3H3. The lowest BCUT2D eigenvalue weighted by Crippen LogP contribution is -2.30. The maximum absolute atomic E-state index is 15.4. The lowest BCUT2D eigenvalue weighted by Gasteiger charge is -2.24. The van der Waals surface area contributed by atoms with Crippen LogP contribution in [0.1, 0.15) is 37.4 Å². The number of carbonyl (C=O) groups is 2. The molecule has 4 nitrogen and oxygen atoms in total. The second-order valence-corrected chi connectivity index (χ2v) is 15.0. The molecule has 10 rings (SSSR count). The molecule has 0 spiro atoms. The number of anilines is 1. The fraction of sp³-hybridized carbons (Fsp3) is 0.0566. The summed E-state index contributed by atoms with van der Waals surface area (Å²) < 4.78 is 2.16. The van der Waals surface area contributed by atoms with Gasteiger partial charge in [-0.1, -0.05) is 139 Å². The molecular formula is C53H38N2O2. The average Bonchev–Trinajstić information content (AvgIpc) is 3.70. The molecule has 0 radical (unpaired) electrons. The van der Waals surface area contributed by atoms with Crippen LogP contribution in [-0.2, 0) is 0 Å². The van der Waals surface area contributed by atoms with Crippen LogP contribution >= 0.6 is 0 Å². The van der Waals surface area contributed by atoms with Gasteiger partial charge in [0.05, 0.1) is 33.5 Å². The summed E-state index contributed by atoms with van der Waals surface area (Å²) in [5, 5.41) is 2.17. The van der Waals surface area contributed by atoms with E-state index in [1.807, 2.05) is 97.1 Å². The summed E-state index contributed by atoms with van der Waals surface area (Å²) in [5.41, 5.74) is 15.5.